The highest BCUT2D eigenvalue weighted by atomic mass is 16.5. The topological polar surface area (TPSA) is 222 Å². The Morgan fingerprint density at radius 3 is 2.69 bits per heavy atom. The fourth-order valence-corrected chi connectivity index (χ4v) is 8.91. The maximum atomic E-state index is 12.8. The smallest absolute Gasteiger partial charge is 0.240 e. The molecule has 1 aliphatic carbocycles. The maximum absolute atomic E-state index is 12.8. The number of piperazine rings is 1. The van der Waals surface area contributed by atoms with Crippen molar-refractivity contribution in [3.05, 3.63) is 65.7 Å². The predicted molar refractivity (Wildman–Crippen MR) is 213 cm³/mol. The molecule has 7 heterocycles. The van der Waals surface area contributed by atoms with Crippen LogP contribution in [0.2, 0.25) is 0 Å². The number of ether oxygens (including phenoxy) is 1. The number of anilines is 3. The minimum atomic E-state index is -0.761. The van der Waals surface area contributed by atoms with E-state index < -0.39 is 11.5 Å². The summed E-state index contributed by atoms with van der Waals surface area (Å²) in [6, 6.07) is 13.4. The summed E-state index contributed by atoms with van der Waals surface area (Å²) in [6.07, 6.45) is 11.7. The number of nitrogens with one attached hydrogen (secondary N) is 2. The van der Waals surface area contributed by atoms with Crippen molar-refractivity contribution in [3.63, 3.8) is 0 Å². The van der Waals surface area contributed by atoms with Crippen molar-refractivity contribution in [1.82, 2.24) is 45.0 Å². The number of carbonyl (C=O) groups is 2. The van der Waals surface area contributed by atoms with Crippen LogP contribution in [0.15, 0.2) is 48.9 Å². The summed E-state index contributed by atoms with van der Waals surface area (Å²) in [5.74, 6) is 1.86. The van der Waals surface area contributed by atoms with Gasteiger partial charge in [-0.2, -0.15) is 20.3 Å². The number of imide groups is 1. The Morgan fingerprint density at radius 2 is 1.91 bits per heavy atom. The number of rotatable bonds is 9. The van der Waals surface area contributed by atoms with Crippen molar-refractivity contribution in [1.29, 1.82) is 10.5 Å². The van der Waals surface area contributed by atoms with E-state index in [-0.39, 0.29) is 29.8 Å². The molecule has 58 heavy (non-hydrogen) atoms. The number of benzene rings is 1. The molecule has 3 fully saturated rings. The third kappa shape index (κ3) is 6.81. The van der Waals surface area contributed by atoms with Gasteiger partial charge in [-0.3, -0.25) is 19.8 Å². The predicted octanol–water partition coefficient (Wildman–Crippen LogP) is 3.73. The molecule has 2 atom stereocenters. The lowest BCUT2D eigenvalue weighted by Gasteiger charge is -2.37. The molecule has 17 nitrogen and oxygen atoms in total. The normalized spacial score (nSPS) is 22.6. The Balaban J connectivity index is 0.787. The number of pyridine rings is 2. The van der Waals surface area contributed by atoms with Crippen LogP contribution in [0.25, 0.3) is 22.5 Å². The average Bonchev–Trinajstić information content (AvgIpc) is 3.99. The fourth-order valence-electron chi connectivity index (χ4n) is 8.91. The first-order valence-corrected chi connectivity index (χ1v) is 19.9. The molecule has 2 amide bonds. The fraction of sp³-hybridized carbons (Fsp3) is 0.439. The second-order valence-electron chi connectivity index (χ2n) is 15.9. The zero-order chi connectivity index (χ0) is 40.0. The molecule has 296 valence electrons. The minimum Gasteiger partial charge on any atom is -0.492 e. The van der Waals surface area contributed by atoms with Gasteiger partial charge in [-0.05, 0) is 70.0 Å². The number of amides is 2. The van der Waals surface area contributed by atoms with Gasteiger partial charge < -0.3 is 20.7 Å². The molecule has 4 N–H and O–H groups in total. The number of nitriles is 2. The molecule has 0 radical (unpaired) electrons. The van der Waals surface area contributed by atoms with Gasteiger partial charge in [0.2, 0.25) is 11.8 Å². The van der Waals surface area contributed by atoms with Gasteiger partial charge in [0.25, 0.3) is 0 Å². The van der Waals surface area contributed by atoms with Crippen LogP contribution >= 0.6 is 0 Å². The molecule has 4 aliphatic rings. The lowest BCUT2D eigenvalue weighted by atomic mass is 9.75. The highest BCUT2D eigenvalue weighted by Crippen LogP contribution is 2.45. The highest BCUT2D eigenvalue weighted by Gasteiger charge is 2.50. The summed E-state index contributed by atoms with van der Waals surface area (Å²) in [6.45, 7) is 7.00. The van der Waals surface area contributed by atoms with Crippen molar-refractivity contribution in [2.45, 2.75) is 69.2 Å². The van der Waals surface area contributed by atoms with E-state index in [9.17, 15) is 20.1 Å². The Hall–Kier alpha value is -6.59. The average molecular weight is 781 g/mol. The number of hydrogen-bond donors (Lipinski definition) is 3. The van der Waals surface area contributed by atoms with Gasteiger partial charge in [-0.15, -0.1) is 5.10 Å². The second kappa shape index (κ2) is 15.1. The van der Waals surface area contributed by atoms with Gasteiger partial charge in [-0.25, -0.2) is 14.6 Å². The van der Waals surface area contributed by atoms with E-state index in [4.69, 9.17) is 10.5 Å². The van der Waals surface area contributed by atoms with E-state index in [1.807, 2.05) is 18.3 Å². The minimum absolute atomic E-state index is 0.112. The zero-order valence-electron chi connectivity index (χ0n) is 32.3. The van der Waals surface area contributed by atoms with E-state index in [0.717, 1.165) is 81.1 Å². The summed E-state index contributed by atoms with van der Waals surface area (Å²) in [4.78, 5) is 38.6. The molecule has 4 aromatic heterocycles. The summed E-state index contributed by atoms with van der Waals surface area (Å²) < 4.78 is 9.29. The van der Waals surface area contributed by atoms with Gasteiger partial charge in [0.05, 0.1) is 41.6 Å². The van der Waals surface area contributed by atoms with E-state index in [0.29, 0.717) is 52.9 Å². The first-order valence-electron chi connectivity index (χ1n) is 19.9. The molecule has 9 rings (SSSR count). The number of carbonyl (C=O) groups excluding carboxylic acids is 2. The summed E-state index contributed by atoms with van der Waals surface area (Å²) in [7, 11) is 0. The summed E-state index contributed by atoms with van der Waals surface area (Å²) in [5.41, 5.74) is 10.2. The molecule has 0 bridgehead atoms. The number of fused-ring (bicyclic) bond motifs is 3. The van der Waals surface area contributed by atoms with Crippen molar-refractivity contribution in [2.24, 2.45) is 5.92 Å². The summed E-state index contributed by atoms with van der Waals surface area (Å²) in [5, 5.41) is 38.9. The van der Waals surface area contributed by atoms with Gasteiger partial charge in [0.15, 0.2) is 11.5 Å². The number of nitrogen functional groups attached to an aromatic ring is 1. The van der Waals surface area contributed by atoms with Crippen molar-refractivity contribution in [3.8, 4) is 29.4 Å². The molecule has 0 unspecified atom stereocenters. The Labute approximate surface area is 334 Å². The Morgan fingerprint density at radius 1 is 1.09 bits per heavy atom. The van der Waals surface area contributed by atoms with Gasteiger partial charge in [0.1, 0.15) is 41.4 Å². The van der Waals surface area contributed by atoms with E-state index in [1.165, 1.54) is 6.42 Å². The number of nitrogens with two attached hydrogens (primary N) is 1. The monoisotopic (exact) mass is 780 g/mol. The molecule has 1 aromatic carbocycles. The number of hydrogen-bond acceptors (Lipinski definition) is 14. The van der Waals surface area contributed by atoms with Crippen LogP contribution in [-0.4, -0.2) is 96.8 Å². The molecular formula is C41H44N14O3. The molecule has 17 heteroatoms. The second-order valence-corrected chi connectivity index (χ2v) is 15.9. The van der Waals surface area contributed by atoms with Gasteiger partial charge >= 0.3 is 0 Å². The van der Waals surface area contributed by atoms with Crippen LogP contribution in [-0.2, 0) is 15.0 Å². The number of piperidine rings is 1. The first kappa shape index (κ1) is 37.0. The Bertz CT molecular complexity index is 2480. The molecule has 1 saturated carbocycles. The van der Waals surface area contributed by atoms with Crippen LogP contribution in [0.5, 0.6) is 5.75 Å². The van der Waals surface area contributed by atoms with Crippen LogP contribution < -0.4 is 26.0 Å². The summed E-state index contributed by atoms with van der Waals surface area (Å²) >= 11 is 0. The quantitative estimate of drug-likeness (QED) is 0.182. The van der Waals surface area contributed by atoms with Crippen LogP contribution in [0, 0.1) is 28.6 Å². The standard InChI is InChI=1S/C41H44N14O3/c1-25(19-42)47-32-18-36(55-39-29(21-46-55)16-28(20-43)38(44)49-39)45-22-34(32)54-23-33(50-51-54)27-4-2-26(3-5-27)9-11-52-12-14-53(15-13-52)30-6-7-31-35(17-30)58-24-41(31)10-8-37(56)48-40(41)57/h6-7,16-18,21-23,25-27H,2-5,8-15,24H2,1H3,(H2,44,49)(H,45,47)(H,48,56,57)/t25-,26?,27?,41-/m1/s1. The third-order valence-electron chi connectivity index (χ3n) is 12.4. The Kier molecular flexibility index (Phi) is 9.61. The number of aromatic nitrogens is 7. The van der Waals surface area contributed by atoms with E-state index in [2.05, 4.69) is 64.0 Å². The maximum Gasteiger partial charge on any atom is 0.240 e. The lowest BCUT2D eigenvalue weighted by Crippen LogP contribution is -2.52. The molecule has 3 aliphatic heterocycles. The lowest BCUT2D eigenvalue weighted by molar-refractivity contribution is -0.138. The zero-order valence-corrected chi connectivity index (χ0v) is 32.3. The third-order valence-corrected chi connectivity index (χ3v) is 12.4. The van der Waals surface area contributed by atoms with Gasteiger partial charge in [0, 0.05) is 67.3 Å². The van der Waals surface area contributed by atoms with Crippen LogP contribution in [0.3, 0.4) is 0 Å². The molecular weight excluding hydrogens is 737 g/mol. The highest BCUT2D eigenvalue weighted by molar-refractivity contribution is 6.04. The SMILES string of the molecule is C[C@H](C#N)Nc1cc(-n2ncc3cc(C#N)c(N)nc32)ncc1-n1cc(C2CCC(CCN3CCN(c4ccc5c(c4)OC[C@]54CCC(=O)NC4=O)CC3)CC2)nn1. The van der Waals surface area contributed by atoms with Crippen molar-refractivity contribution >= 4 is 40.0 Å². The number of nitrogens with zero attached hydrogens (tertiary/aromatic N) is 11. The molecule has 2 saturated heterocycles. The van der Waals surface area contributed by atoms with Crippen molar-refractivity contribution in [2.75, 3.05) is 55.3 Å². The molecule has 5 aromatic rings. The van der Waals surface area contributed by atoms with Crippen molar-refractivity contribution < 1.29 is 14.3 Å². The van der Waals surface area contributed by atoms with E-state index in [1.54, 1.807) is 40.8 Å². The van der Waals surface area contributed by atoms with Gasteiger partial charge in [-0.1, -0.05) is 11.3 Å². The largest absolute Gasteiger partial charge is 0.492 e. The van der Waals surface area contributed by atoms with Crippen LogP contribution in [0.1, 0.15) is 74.6 Å². The molecule has 1 spiro atoms. The van der Waals surface area contributed by atoms with E-state index >= 15 is 0 Å². The van der Waals surface area contributed by atoms with Crippen LogP contribution in [0.4, 0.5) is 17.2 Å². The first-order chi connectivity index (χ1) is 28.2.